The van der Waals surface area contributed by atoms with Crippen molar-refractivity contribution in [2.45, 2.75) is 39.0 Å². The van der Waals surface area contributed by atoms with E-state index in [2.05, 4.69) is 82.3 Å². The average Bonchev–Trinajstić information content (AvgIpc) is 2.86. The molecular formula is C17H21Br2NS. The van der Waals surface area contributed by atoms with E-state index in [1.54, 1.807) is 11.3 Å². The molecule has 2 rings (SSSR count). The molecule has 0 fully saturated rings. The summed E-state index contributed by atoms with van der Waals surface area (Å²) in [4.78, 5) is 4.82. The molecule has 0 saturated heterocycles. The molecule has 1 atom stereocenters. The molecule has 0 aliphatic carbocycles. The summed E-state index contributed by atoms with van der Waals surface area (Å²) in [5.41, 5.74) is 2.72. The van der Waals surface area contributed by atoms with E-state index in [-0.39, 0.29) is 5.41 Å². The van der Waals surface area contributed by atoms with Gasteiger partial charge in [-0.3, -0.25) is 0 Å². The molecular weight excluding hydrogens is 410 g/mol. The number of halogens is 2. The number of nitrogens with zero attached hydrogens (tertiary/aromatic N) is 1. The largest absolute Gasteiger partial charge is 0.246 e. The van der Waals surface area contributed by atoms with Gasteiger partial charge in [-0.1, -0.05) is 64.8 Å². The third-order valence-corrected chi connectivity index (χ3v) is 5.70. The Morgan fingerprint density at radius 3 is 2.57 bits per heavy atom. The Balaban J connectivity index is 2.04. The van der Waals surface area contributed by atoms with Crippen LogP contribution in [-0.2, 0) is 18.3 Å². The molecule has 0 amide bonds. The molecule has 4 heteroatoms. The number of thiazole rings is 1. The van der Waals surface area contributed by atoms with E-state index in [1.807, 2.05) is 0 Å². The summed E-state index contributed by atoms with van der Waals surface area (Å²) < 4.78 is 1.15. The maximum atomic E-state index is 4.82. The minimum absolute atomic E-state index is 0.142. The molecule has 0 aliphatic rings. The number of hydrogen-bond donors (Lipinski definition) is 0. The van der Waals surface area contributed by atoms with Crippen LogP contribution in [0.2, 0.25) is 0 Å². The first-order valence-electron chi connectivity index (χ1n) is 7.14. The smallest absolute Gasteiger partial charge is 0.0931 e. The van der Waals surface area contributed by atoms with Crippen LogP contribution in [0.15, 0.2) is 34.1 Å². The van der Waals surface area contributed by atoms with Crippen molar-refractivity contribution in [3.8, 4) is 0 Å². The number of hydrogen-bond acceptors (Lipinski definition) is 2. The molecule has 1 heterocycles. The van der Waals surface area contributed by atoms with Gasteiger partial charge in [0.1, 0.15) is 0 Å². The van der Waals surface area contributed by atoms with Gasteiger partial charge in [0, 0.05) is 27.0 Å². The predicted molar refractivity (Wildman–Crippen MR) is 99.6 cm³/mol. The lowest BCUT2D eigenvalue weighted by atomic mass is 9.93. The molecule has 0 saturated carbocycles. The van der Waals surface area contributed by atoms with E-state index in [0.29, 0.717) is 5.92 Å². The average molecular weight is 431 g/mol. The van der Waals surface area contributed by atoms with Gasteiger partial charge in [0.25, 0.3) is 0 Å². The van der Waals surface area contributed by atoms with Crippen LogP contribution >= 0.6 is 43.2 Å². The zero-order chi connectivity index (χ0) is 15.5. The van der Waals surface area contributed by atoms with E-state index < -0.39 is 0 Å². The van der Waals surface area contributed by atoms with E-state index in [4.69, 9.17) is 4.98 Å². The van der Waals surface area contributed by atoms with Crippen molar-refractivity contribution in [2.24, 2.45) is 5.92 Å². The lowest BCUT2D eigenvalue weighted by Crippen LogP contribution is -2.13. The second-order valence-electron chi connectivity index (χ2n) is 6.43. The highest BCUT2D eigenvalue weighted by Gasteiger charge is 2.19. The molecule has 0 spiro atoms. The summed E-state index contributed by atoms with van der Waals surface area (Å²) in [5.74, 6) is 0.582. The van der Waals surface area contributed by atoms with Crippen LogP contribution < -0.4 is 0 Å². The highest BCUT2D eigenvalue weighted by atomic mass is 79.9. The summed E-state index contributed by atoms with van der Waals surface area (Å²) in [6.45, 7) is 6.65. The van der Waals surface area contributed by atoms with Crippen molar-refractivity contribution in [3.05, 3.63) is 50.4 Å². The minimum atomic E-state index is 0.142. The summed E-state index contributed by atoms with van der Waals surface area (Å²) in [6.07, 6.45) is 2.12. The molecule has 21 heavy (non-hydrogen) atoms. The number of rotatable bonds is 5. The SMILES string of the molecule is CC(C)(C)c1csc(CC(CBr)Cc2cccc(Br)c2)n1. The summed E-state index contributed by atoms with van der Waals surface area (Å²) in [6, 6.07) is 8.58. The Bertz CT molecular complexity index is 586. The van der Waals surface area contributed by atoms with Crippen molar-refractivity contribution in [1.29, 1.82) is 0 Å². The Morgan fingerprint density at radius 1 is 1.24 bits per heavy atom. The molecule has 1 aromatic heterocycles. The molecule has 1 unspecified atom stereocenters. The Labute approximate surface area is 148 Å². The number of aromatic nitrogens is 1. The van der Waals surface area contributed by atoms with Gasteiger partial charge in [-0.15, -0.1) is 11.3 Å². The van der Waals surface area contributed by atoms with Crippen molar-refractivity contribution < 1.29 is 0 Å². The van der Waals surface area contributed by atoms with Gasteiger partial charge in [-0.2, -0.15) is 0 Å². The van der Waals surface area contributed by atoms with Gasteiger partial charge in [0.2, 0.25) is 0 Å². The Hall–Kier alpha value is -0.190. The third-order valence-electron chi connectivity index (χ3n) is 3.42. The summed E-state index contributed by atoms with van der Waals surface area (Å²) in [7, 11) is 0. The van der Waals surface area contributed by atoms with Gasteiger partial charge >= 0.3 is 0 Å². The second kappa shape index (κ2) is 7.38. The fourth-order valence-electron chi connectivity index (χ4n) is 2.17. The van der Waals surface area contributed by atoms with Gasteiger partial charge in [0.15, 0.2) is 0 Å². The van der Waals surface area contributed by atoms with Crippen LogP contribution in [0.1, 0.15) is 37.0 Å². The zero-order valence-electron chi connectivity index (χ0n) is 12.7. The van der Waals surface area contributed by atoms with E-state index in [9.17, 15) is 0 Å². The maximum absolute atomic E-state index is 4.82. The topological polar surface area (TPSA) is 12.9 Å². The van der Waals surface area contributed by atoms with Crippen molar-refractivity contribution in [3.63, 3.8) is 0 Å². The van der Waals surface area contributed by atoms with Crippen LogP contribution in [0.3, 0.4) is 0 Å². The van der Waals surface area contributed by atoms with E-state index >= 15 is 0 Å². The first-order valence-corrected chi connectivity index (χ1v) is 9.93. The number of alkyl halides is 1. The van der Waals surface area contributed by atoms with Crippen LogP contribution in [0.5, 0.6) is 0 Å². The van der Waals surface area contributed by atoms with Gasteiger partial charge in [0.05, 0.1) is 10.7 Å². The summed E-state index contributed by atoms with van der Waals surface area (Å²) >= 11 is 9.00. The lowest BCUT2D eigenvalue weighted by Gasteiger charge is -2.15. The standard InChI is InChI=1S/C17H21Br2NS/c1-17(2,3)15-11-21-16(20-15)9-13(10-18)7-12-5-4-6-14(19)8-12/h4-6,8,11,13H,7,9-10H2,1-3H3. The summed E-state index contributed by atoms with van der Waals surface area (Å²) in [5, 5.41) is 4.46. The fourth-order valence-corrected chi connectivity index (χ4v) is 4.22. The van der Waals surface area contributed by atoms with E-state index in [1.165, 1.54) is 16.3 Å². The van der Waals surface area contributed by atoms with Crippen molar-refractivity contribution in [2.75, 3.05) is 5.33 Å². The van der Waals surface area contributed by atoms with Crippen LogP contribution in [0.4, 0.5) is 0 Å². The van der Waals surface area contributed by atoms with Crippen LogP contribution in [-0.4, -0.2) is 10.3 Å². The van der Waals surface area contributed by atoms with Crippen molar-refractivity contribution in [1.82, 2.24) is 4.98 Å². The van der Waals surface area contributed by atoms with Gasteiger partial charge < -0.3 is 0 Å². The molecule has 0 N–H and O–H groups in total. The predicted octanol–water partition coefficient (Wildman–Crippen LogP) is 6.00. The lowest BCUT2D eigenvalue weighted by molar-refractivity contribution is 0.558. The Morgan fingerprint density at radius 2 is 2.00 bits per heavy atom. The number of benzene rings is 1. The first kappa shape index (κ1) is 17.2. The highest BCUT2D eigenvalue weighted by Crippen LogP contribution is 2.26. The van der Waals surface area contributed by atoms with Gasteiger partial charge in [-0.25, -0.2) is 4.98 Å². The quantitative estimate of drug-likeness (QED) is 0.530. The first-order chi connectivity index (χ1) is 9.88. The normalized spacial score (nSPS) is 13.4. The fraction of sp³-hybridized carbons (Fsp3) is 0.471. The minimum Gasteiger partial charge on any atom is -0.246 e. The molecule has 2 aromatic rings. The highest BCUT2D eigenvalue weighted by molar-refractivity contribution is 9.10. The third kappa shape index (κ3) is 5.19. The van der Waals surface area contributed by atoms with Crippen LogP contribution in [0.25, 0.3) is 0 Å². The molecule has 114 valence electrons. The molecule has 1 nitrogen and oxygen atoms in total. The molecule has 0 bridgehead atoms. The Kier molecular flexibility index (Phi) is 6.04. The zero-order valence-corrected chi connectivity index (χ0v) is 16.7. The monoisotopic (exact) mass is 429 g/mol. The maximum Gasteiger partial charge on any atom is 0.0931 e. The van der Waals surface area contributed by atoms with Crippen LogP contribution in [0, 0.1) is 5.92 Å². The molecule has 0 aliphatic heterocycles. The molecule has 0 radical (unpaired) electrons. The van der Waals surface area contributed by atoms with Crippen molar-refractivity contribution >= 4 is 43.2 Å². The second-order valence-corrected chi connectivity index (χ2v) is 8.94. The van der Waals surface area contributed by atoms with E-state index in [0.717, 1.165) is 22.6 Å². The van der Waals surface area contributed by atoms with Gasteiger partial charge in [-0.05, 0) is 30.0 Å². The molecule has 1 aromatic carbocycles.